The lowest BCUT2D eigenvalue weighted by atomic mass is 10.1. The number of carbonyl (C=O) groups excluding carboxylic acids is 1. The van der Waals surface area contributed by atoms with E-state index < -0.39 is 0 Å². The highest BCUT2D eigenvalue weighted by atomic mass is 32.1. The second kappa shape index (κ2) is 3.31. The largest absolute Gasteiger partial charge is 0.493 e. The maximum Gasteiger partial charge on any atom is 0.159 e. The van der Waals surface area contributed by atoms with Crippen molar-refractivity contribution < 1.29 is 9.53 Å². The maximum atomic E-state index is 10.8. The van der Waals surface area contributed by atoms with Crippen LogP contribution in [0.25, 0.3) is 10.1 Å². The third-order valence-electron chi connectivity index (χ3n) is 2.09. The topological polar surface area (TPSA) is 52.3 Å². The van der Waals surface area contributed by atoms with Gasteiger partial charge >= 0.3 is 0 Å². The summed E-state index contributed by atoms with van der Waals surface area (Å²) in [4.78, 5) is 10.8. The molecule has 0 aliphatic carbocycles. The SMILES string of the molecule is COc1c(N)cc(C=O)c2ccsc12. The molecule has 1 heterocycles. The first-order chi connectivity index (χ1) is 6.77. The number of hydrogen-bond donors (Lipinski definition) is 1. The summed E-state index contributed by atoms with van der Waals surface area (Å²) in [6.07, 6.45) is 0.810. The van der Waals surface area contributed by atoms with Crippen LogP contribution in [0.2, 0.25) is 0 Å². The molecule has 0 saturated heterocycles. The number of ether oxygens (including phenoxy) is 1. The van der Waals surface area contributed by atoms with Crippen molar-refractivity contribution in [2.45, 2.75) is 0 Å². The molecule has 72 valence electrons. The predicted octanol–water partition coefficient (Wildman–Crippen LogP) is 2.30. The Balaban J connectivity index is 2.88. The van der Waals surface area contributed by atoms with E-state index in [0.717, 1.165) is 16.4 Å². The maximum absolute atomic E-state index is 10.8. The van der Waals surface area contributed by atoms with E-state index in [1.807, 2.05) is 11.4 Å². The number of fused-ring (bicyclic) bond motifs is 1. The summed E-state index contributed by atoms with van der Waals surface area (Å²) >= 11 is 1.52. The Hall–Kier alpha value is -1.55. The van der Waals surface area contributed by atoms with Gasteiger partial charge in [-0.2, -0.15) is 0 Å². The van der Waals surface area contributed by atoms with Gasteiger partial charge in [0.2, 0.25) is 0 Å². The second-order valence-electron chi connectivity index (χ2n) is 2.87. The zero-order valence-electron chi connectivity index (χ0n) is 7.61. The molecule has 0 aliphatic rings. The van der Waals surface area contributed by atoms with Crippen molar-refractivity contribution in [1.29, 1.82) is 0 Å². The van der Waals surface area contributed by atoms with Crippen LogP contribution in [0.4, 0.5) is 5.69 Å². The summed E-state index contributed by atoms with van der Waals surface area (Å²) in [5.41, 5.74) is 6.87. The van der Waals surface area contributed by atoms with Crippen LogP contribution in [0.5, 0.6) is 5.75 Å². The van der Waals surface area contributed by atoms with Crippen molar-refractivity contribution in [3.63, 3.8) is 0 Å². The zero-order valence-corrected chi connectivity index (χ0v) is 8.43. The lowest BCUT2D eigenvalue weighted by Gasteiger charge is -2.06. The molecule has 4 heteroatoms. The Labute approximate surface area is 85.1 Å². The van der Waals surface area contributed by atoms with Gasteiger partial charge in [0.1, 0.15) is 0 Å². The zero-order chi connectivity index (χ0) is 10.1. The van der Waals surface area contributed by atoms with E-state index in [0.29, 0.717) is 17.0 Å². The van der Waals surface area contributed by atoms with Crippen LogP contribution in [0.3, 0.4) is 0 Å². The molecule has 0 atom stereocenters. The quantitative estimate of drug-likeness (QED) is 0.607. The van der Waals surface area contributed by atoms with Crippen molar-refractivity contribution in [3.05, 3.63) is 23.1 Å². The molecular formula is C10H9NO2S. The molecule has 0 amide bonds. The predicted molar refractivity (Wildman–Crippen MR) is 58.2 cm³/mol. The molecule has 2 rings (SSSR count). The number of benzene rings is 1. The first-order valence-electron chi connectivity index (χ1n) is 4.06. The molecule has 0 unspecified atom stereocenters. The van der Waals surface area contributed by atoms with E-state index in [2.05, 4.69) is 0 Å². The van der Waals surface area contributed by atoms with Gasteiger partial charge in [0.05, 0.1) is 17.5 Å². The molecular weight excluding hydrogens is 198 g/mol. The molecule has 1 aromatic heterocycles. The Morgan fingerprint density at radius 1 is 1.57 bits per heavy atom. The van der Waals surface area contributed by atoms with Crippen molar-refractivity contribution in [3.8, 4) is 5.75 Å². The number of aldehydes is 1. The first kappa shape index (κ1) is 9.02. The van der Waals surface area contributed by atoms with Gasteiger partial charge in [0.25, 0.3) is 0 Å². The molecule has 0 bridgehead atoms. The standard InChI is InChI=1S/C10H9NO2S/c1-13-9-8(11)4-6(5-12)7-2-3-14-10(7)9/h2-5H,11H2,1H3. The van der Waals surface area contributed by atoms with Crippen LogP contribution in [0, 0.1) is 0 Å². The summed E-state index contributed by atoms with van der Waals surface area (Å²) < 4.78 is 6.11. The number of anilines is 1. The summed E-state index contributed by atoms with van der Waals surface area (Å²) in [7, 11) is 1.57. The minimum absolute atomic E-state index is 0.504. The van der Waals surface area contributed by atoms with Gasteiger partial charge < -0.3 is 10.5 Å². The highest BCUT2D eigenvalue weighted by Crippen LogP contribution is 2.37. The fourth-order valence-corrected chi connectivity index (χ4v) is 2.42. The Morgan fingerprint density at radius 2 is 2.36 bits per heavy atom. The number of thiophene rings is 1. The van der Waals surface area contributed by atoms with E-state index in [9.17, 15) is 4.79 Å². The molecule has 0 saturated carbocycles. The van der Waals surface area contributed by atoms with Gasteiger partial charge in [-0.3, -0.25) is 4.79 Å². The highest BCUT2D eigenvalue weighted by Gasteiger charge is 2.11. The monoisotopic (exact) mass is 207 g/mol. The van der Waals surface area contributed by atoms with Gasteiger partial charge in [-0.15, -0.1) is 11.3 Å². The Bertz CT molecular complexity index is 490. The molecule has 0 radical (unpaired) electrons. The van der Waals surface area contributed by atoms with E-state index >= 15 is 0 Å². The molecule has 0 spiro atoms. The van der Waals surface area contributed by atoms with Gasteiger partial charge in [0.15, 0.2) is 12.0 Å². The van der Waals surface area contributed by atoms with Crippen LogP contribution in [0.15, 0.2) is 17.5 Å². The van der Waals surface area contributed by atoms with Gasteiger partial charge in [0, 0.05) is 10.9 Å². The number of methoxy groups -OCH3 is 1. The van der Waals surface area contributed by atoms with Crippen LogP contribution < -0.4 is 10.5 Å². The molecule has 0 aliphatic heterocycles. The Kier molecular flexibility index (Phi) is 2.13. The number of carbonyl (C=O) groups is 1. The van der Waals surface area contributed by atoms with Crippen molar-refractivity contribution >= 4 is 33.4 Å². The van der Waals surface area contributed by atoms with Crippen LogP contribution >= 0.6 is 11.3 Å². The Morgan fingerprint density at radius 3 is 3.00 bits per heavy atom. The summed E-state index contributed by atoms with van der Waals surface area (Å²) in [5.74, 6) is 0.653. The number of nitrogen functional groups attached to an aromatic ring is 1. The minimum Gasteiger partial charge on any atom is -0.493 e. The fourth-order valence-electron chi connectivity index (χ4n) is 1.46. The summed E-state index contributed by atoms with van der Waals surface area (Å²) in [6, 6.07) is 3.53. The van der Waals surface area contributed by atoms with Crippen LogP contribution in [0.1, 0.15) is 10.4 Å². The third kappa shape index (κ3) is 1.15. The average Bonchev–Trinajstić information content (AvgIpc) is 2.65. The van der Waals surface area contributed by atoms with Gasteiger partial charge in [-0.25, -0.2) is 0 Å². The fraction of sp³-hybridized carbons (Fsp3) is 0.100. The van der Waals surface area contributed by atoms with Crippen molar-refractivity contribution in [2.24, 2.45) is 0 Å². The molecule has 2 aromatic rings. The molecule has 0 fully saturated rings. The number of nitrogens with two attached hydrogens (primary N) is 1. The molecule has 2 N–H and O–H groups in total. The summed E-state index contributed by atoms with van der Waals surface area (Å²) in [5, 5.41) is 2.82. The minimum atomic E-state index is 0.504. The lowest BCUT2D eigenvalue weighted by molar-refractivity contribution is 0.112. The smallest absolute Gasteiger partial charge is 0.159 e. The second-order valence-corrected chi connectivity index (χ2v) is 3.79. The molecule has 1 aromatic carbocycles. The lowest BCUT2D eigenvalue weighted by Crippen LogP contribution is -1.94. The van der Waals surface area contributed by atoms with E-state index in [1.165, 1.54) is 11.3 Å². The van der Waals surface area contributed by atoms with E-state index in [1.54, 1.807) is 13.2 Å². The van der Waals surface area contributed by atoms with Crippen LogP contribution in [-0.2, 0) is 0 Å². The number of hydrogen-bond acceptors (Lipinski definition) is 4. The van der Waals surface area contributed by atoms with E-state index in [-0.39, 0.29) is 0 Å². The summed E-state index contributed by atoms with van der Waals surface area (Å²) in [6.45, 7) is 0. The van der Waals surface area contributed by atoms with Crippen LogP contribution in [-0.4, -0.2) is 13.4 Å². The normalized spacial score (nSPS) is 10.4. The van der Waals surface area contributed by atoms with Crippen molar-refractivity contribution in [1.82, 2.24) is 0 Å². The molecule has 14 heavy (non-hydrogen) atoms. The third-order valence-corrected chi connectivity index (χ3v) is 3.00. The highest BCUT2D eigenvalue weighted by molar-refractivity contribution is 7.17. The molecule has 3 nitrogen and oxygen atoms in total. The first-order valence-corrected chi connectivity index (χ1v) is 4.94. The van der Waals surface area contributed by atoms with E-state index in [4.69, 9.17) is 10.5 Å². The van der Waals surface area contributed by atoms with Gasteiger partial charge in [-0.05, 0) is 17.5 Å². The average molecular weight is 207 g/mol. The van der Waals surface area contributed by atoms with Gasteiger partial charge in [-0.1, -0.05) is 0 Å². The van der Waals surface area contributed by atoms with Crippen molar-refractivity contribution in [2.75, 3.05) is 12.8 Å². The number of rotatable bonds is 2.